The van der Waals surface area contributed by atoms with Crippen molar-refractivity contribution in [2.45, 2.75) is 59.9 Å². The Bertz CT molecular complexity index is 2840. The van der Waals surface area contributed by atoms with Crippen LogP contribution in [-0.2, 0) is 47.3 Å². The van der Waals surface area contributed by atoms with Gasteiger partial charge in [0.1, 0.15) is 17.3 Å². The minimum absolute atomic E-state index is 0.284. The number of imide groups is 2. The first-order valence-electron chi connectivity index (χ1n) is 24.1. The Morgan fingerprint density at radius 3 is 1.65 bits per heavy atom. The Balaban J connectivity index is 0.000000195. The molecule has 2 fully saturated rings. The quantitative estimate of drug-likeness (QED) is 0.0730. The molecular weight excluding hydrogens is 943 g/mol. The fourth-order valence-corrected chi connectivity index (χ4v) is 7.18. The second kappa shape index (κ2) is 28.7. The largest absolute Gasteiger partial charge is 0.464 e. The summed E-state index contributed by atoms with van der Waals surface area (Å²) in [6, 6.07) is 36.3. The normalized spacial score (nSPS) is 14.6. The Morgan fingerprint density at radius 2 is 1.22 bits per heavy atom. The predicted molar refractivity (Wildman–Crippen MR) is 283 cm³/mol. The molecule has 2 unspecified atom stereocenters. The zero-order valence-electron chi connectivity index (χ0n) is 44.9. The first-order valence-corrected chi connectivity index (χ1v) is 24.1. The summed E-state index contributed by atoms with van der Waals surface area (Å²) in [4.78, 5) is 66.5. The highest BCUT2D eigenvalue weighted by atomic mass is 16.5. The summed E-state index contributed by atoms with van der Waals surface area (Å²) in [5.41, 5.74) is 7.28. The molecule has 2 saturated heterocycles. The monoisotopic (exact) mass is 1010 g/mol. The Labute approximate surface area is 434 Å². The maximum atomic E-state index is 11.8. The number of unbranched alkanes of at least 4 members (excludes halogenated alkanes) is 1. The highest BCUT2D eigenvalue weighted by molar-refractivity contribution is 6.03. The van der Waals surface area contributed by atoms with Crippen molar-refractivity contribution in [3.8, 4) is 28.4 Å². The van der Waals surface area contributed by atoms with E-state index in [9.17, 15) is 24.0 Å². The summed E-state index contributed by atoms with van der Waals surface area (Å²) < 4.78 is 22.8. The number of hydrogen-bond donors (Lipinski definition) is 0. The van der Waals surface area contributed by atoms with Crippen LogP contribution in [0.15, 0.2) is 134 Å². The molecule has 0 saturated carbocycles. The van der Waals surface area contributed by atoms with Gasteiger partial charge in [-0.1, -0.05) is 92.2 Å². The van der Waals surface area contributed by atoms with E-state index in [0.29, 0.717) is 24.6 Å². The summed E-state index contributed by atoms with van der Waals surface area (Å²) in [7, 11) is 13.5. The zero-order valence-corrected chi connectivity index (χ0v) is 44.9. The molecule has 19 nitrogen and oxygen atoms in total. The highest BCUT2D eigenvalue weighted by Gasteiger charge is 2.44. The minimum Gasteiger partial charge on any atom is -0.464 e. The number of esters is 1. The van der Waals surface area contributed by atoms with Crippen molar-refractivity contribution in [2.75, 3.05) is 41.4 Å². The number of carbonyl (C=O) groups is 5. The average Bonchev–Trinajstić information content (AvgIpc) is 4.25. The Hall–Kier alpha value is -8.32. The molecule has 0 aliphatic carbocycles. The summed E-state index contributed by atoms with van der Waals surface area (Å²) in [5.74, 6) is 0.687. The predicted octanol–water partition coefficient (Wildman–Crippen LogP) is 8.29. The molecule has 2 atom stereocenters. The molecule has 4 aromatic heterocycles. The van der Waals surface area contributed by atoms with Gasteiger partial charge in [0, 0.05) is 97.9 Å². The third kappa shape index (κ3) is 16.4. The number of hydrogen-bond acceptors (Lipinski definition) is 11. The number of methoxy groups -OCH3 is 1. The van der Waals surface area contributed by atoms with Crippen LogP contribution in [0, 0.1) is 20.8 Å². The molecule has 2 aliphatic rings. The summed E-state index contributed by atoms with van der Waals surface area (Å²) in [6.45, 7) is 10.8. The molecular formula is C55H71N11O8. The number of carbonyl (C=O) groups excluding carboxylic acids is 5. The molecule has 2 aliphatic heterocycles. The van der Waals surface area contributed by atoms with E-state index < -0.39 is 12.5 Å². The van der Waals surface area contributed by atoms with Crippen molar-refractivity contribution >= 4 is 29.8 Å². The van der Waals surface area contributed by atoms with E-state index in [-0.39, 0.29) is 29.8 Å². The van der Waals surface area contributed by atoms with Gasteiger partial charge in [0.05, 0.1) is 24.2 Å². The van der Waals surface area contributed by atoms with Crippen LogP contribution in [0.5, 0.6) is 5.75 Å². The minimum atomic E-state index is -0.847. The molecule has 0 bridgehead atoms. The molecule has 3 aromatic carbocycles. The van der Waals surface area contributed by atoms with Gasteiger partial charge in [-0.2, -0.15) is 10.2 Å². The maximum Gasteiger partial charge on any atom is 0.354 e. The summed E-state index contributed by atoms with van der Waals surface area (Å²) in [5, 5.41) is 8.42. The van der Waals surface area contributed by atoms with Gasteiger partial charge in [0.25, 0.3) is 18.0 Å². The van der Waals surface area contributed by atoms with Crippen LogP contribution < -0.4 is 4.74 Å². The first kappa shape index (κ1) is 58.3. The van der Waals surface area contributed by atoms with Crippen molar-refractivity contribution in [1.29, 1.82) is 0 Å². The van der Waals surface area contributed by atoms with Crippen LogP contribution in [0.3, 0.4) is 0 Å². The van der Waals surface area contributed by atoms with E-state index in [2.05, 4.69) is 50.3 Å². The highest BCUT2D eigenvalue weighted by Crippen LogP contribution is 2.21. The third-order valence-electron chi connectivity index (χ3n) is 11.3. The fourth-order valence-electron chi connectivity index (χ4n) is 7.18. The lowest BCUT2D eigenvalue weighted by molar-refractivity contribution is -0.140. The second-order valence-electron chi connectivity index (χ2n) is 17.1. The third-order valence-corrected chi connectivity index (χ3v) is 11.3. The molecule has 0 spiro atoms. The van der Waals surface area contributed by atoms with Crippen LogP contribution >= 0.6 is 0 Å². The van der Waals surface area contributed by atoms with E-state index in [1.165, 1.54) is 36.7 Å². The SMILES string of the molecule is CCCCOC1C(=O)N(C)C(=O)N1C.CCN1C(=O)N(C)C(=O)C1Oc1ccccc1.COC(=O)c1cccn1C.Cc1cc(C)n(C)n1.Cc1cn(C)c(-c2ccccc2)n1.Cn1ccc(-c2ccccc2)n1. The van der Waals surface area contributed by atoms with Gasteiger partial charge in [-0.3, -0.25) is 38.6 Å². The number of aromatic nitrogens is 7. The number of aryl methyl sites for hydroxylation is 7. The van der Waals surface area contributed by atoms with Crippen LogP contribution in [-0.4, -0.2) is 137 Å². The first-order chi connectivity index (χ1) is 35.3. The number of rotatable bonds is 10. The van der Waals surface area contributed by atoms with E-state index >= 15 is 0 Å². The number of para-hydroxylation sites is 1. The molecule has 0 N–H and O–H groups in total. The van der Waals surface area contributed by atoms with Crippen LogP contribution in [0.2, 0.25) is 0 Å². The molecule has 74 heavy (non-hydrogen) atoms. The number of amides is 6. The van der Waals surface area contributed by atoms with Gasteiger partial charge in [-0.25, -0.2) is 19.4 Å². The van der Waals surface area contributed by atoms with E-state index in [0.717, 1.165) is 56.7 Å². The van der Waals surface area contributed by atoms with Gasteiger partial charge >= 0.3 is 18.0 Å². The van der Waals surface area contributed by atoms with Gasteiger partial charge in [0.2, 0.25) is 6.23 Å². The average molecular weight is 1010 g/mol. The molecule has 6 amide bonds. The lowest BCUT2D eigenvalue weighted by Gasteiger charge is -2.20. The molecule has 0 radical (unpaired) electrons. The van der Waals surface area contributed by atoms with E-state index in [1.807, 2.05) is 143 Å². The Kier molecular flexibility index (Phi) is 22.6. The number of likely N-dealkylation sites (N-methyl/N-ethyl adjacent to an activating group) is 4. The van der Waals surface area contributed by atoms with Crippen LogP contribution in [0.25, 0.3) is 22.6 Å². The van der Waals surface area contributed by atoms with Crippen molar-refractivity contribution in [1.82, 2.24) is 53.3 Å². The fraction of sp³-hybridized carbons (Fsp3) is 0.345. The topological polar surface area (TPSA) is 184 Å². The number of benzene rings is 3. The summed E-state index contributed by atoms with van der Waals surface area (Å²) in [6.07, 6.45) is 6.11. The molecule has 7 aromatic rings. The van der Waals surface area contributed by atoms with E-state index in [4.69, 9.17) is 9.47 Å². The van der Waals surface area contributed by atoms with Gasteiger partial charge in [-0.05, 0) is 70.5 Å². The van der Waals surface area contributed by atoms with Crippen molar-refractivity contribution in [3.05, 3.63) is 157 Å². The zero-order chi connectivity index (χ0) is 54.5. The molecule has 6 heterocycles. The maximum absolute atomic E-state index is 11.8. The van der Waals surface area contributed by atoms with Gasteiger partial charge in [-0.15, -0.1) is 0 Å². The van der Waals surface area contributed by atoms with Crippen molar-refractivity contribution < 1.29 is 38.2 Å². The van der Waals surface area contributed by atoms with Crippen LogP contribution in [0.4, 0.5) is 9.59 Å². The summed E-state index contributed by atoms with van der Waals surface area (Å²) >= 11 is 0. The number of urea groups is 2. The lowest BCUT2D eigenvalue weighted by Crippen LogP contribution is -2.39. The second-order valence-corrected chi connectivity index (χ2v) is 17.1. The van der Waals surface area contributed by atoms with Gasteiger partial charge < -0.3 is 23.3 Å². The van der Waals surface area contributed by atoms with Crippen molar-refractivity contribution in [2.24, 2.45) is 28.2 Å². The smallest absolute Gasteiger partial charge is 0.354 e. The molecule has 19 heteroatoms. The Morgan fingerprint density at radius 1 is 0.635 bits per heavy atom. The lowest BCUT2D eigenvalue weighted by atomic mass is 10.2. The standard InChI is InChI=1S/C12H14N2O3.C11H12N2.C10H10N2.C9H16N2O3.C7H9NO2.C6H10N2/c1-3-14-11(10(15)13(2)12(14)16)17-9-7-5-4-6-8-9;1-9-8-13(2)11(12-9)10-6-4-3-5-7-10;1-12-8-7-10(11-12)9-5-3-2-4-6-9;1-4-5-6-14-8-7(12)10(2)9(13)11(8)3;1-8-5-3-4-6(8)7(9)10-2;1-5-4-6(2)8(3)7-5/h4-8,11H,3H2,1-2H3;3-8H,1-2H3;2-8H,1H3;8H,4-6H2,1-3H3;3-5H,1-2H3;4H,1-3H3. The van der Waals surface area contributed by atoms with Crippen molar-refractivity contribution in [3.63, 3.8) is 0 Å². The number of imidazole rings is 1. The molecule has 9 rings (SSSR count). The van der Waals surface area contributed by atoms with Gasteiger partial charge in [0.15, 0.2) is 0 Å². The van der Waals surface area contributed by atoms with Crippen LogP contribution in [0.1, 0.15) is 54.3 Å². The number of ether oxygens (including phenoxy) is 3. The number of nitrogens with zero attached hydrogens (tertiary/aromatic N) is 11. The van der Waals surface area contributed by atoms with E-state index in [1.54, 1.807) is 49.1 Å². The molecule has 394 valence electrons.